The van der Waals surface area contributed by atoms with E-state index in [1.807, 2.05) is 6.92 Å². The van der Waals surface area contributed by atoms with Crippen LogP contribution in [0.25, 0.3) is 0 Å². The molecular weight excluding hydrogens is 202 g/mol. The topological polar surface area (TPSA) is 33.1 Å². The second-order valence-corrected chi connectivity index (χ2v) is 3.64. The fraction of sp³-hybridized carbons (Fsp3) is 0.400. The van der Waals surface area contributed by atoms with Gasteiger partial charge in [0.1, 0.15) is 4.60 Å². The lowest BCUT2D eigenvalue weighted by Gasteiger charge is -1.83. The maximum Gasteiger partial charge on any atom is 0.122 e. The van der Waals surface area contributed by atoms with Gasteiger partial charge in [-0.2, -0.15) is 0 Å². The van der Waals surface area contributed by atoms with Gasteiger partial charge in [-0.05, 0) is 22.9 Å². The summed E-state index contributed by atoms with van der Waals surface area (Å²) in [5.74, 6) is 0. The smallest absolute Gasteiger partial charge is 0.122 e. The first-order chi connectivity index (χ1) is 4.24. The van der Waals surface area contributed by atoms with E-state index in [-0.39, 0.29) is 6.61 Å². The third kappa shape index (κ3) is 1.50. The highest BCUT2D eigenvalue weighted by Gasteiger charge is 2.02. The predicted octanol–water partition coefficient (Wildman–Crippen LogP) is 1.71. The first kappa shape index (κ1) is 7.18. The maximum absolute atomic E-state index is 8.67. The van der Waals surface area contributed by atoms with E-state index in [0.29, 0.717) is 0 Å². The number of aromatic nitrogens is 1. The zero-order valence-electron chi connectivity index (χ0n) is 4.89. The Hall–Kier alpha value is 0.0700. The molecule has 1 aromatic rings. The van der Waals surface area contributed by atoms with Crippen LogP contribution >= 0.6 is 27.3 Å². The Labute approximate surface area is 65.7 Å². The molecule has 0 unspecified atom stereocenters. The van der Waals surface area contributed by atoms with E-state index in [2.05, 4.69) is 20.9 Å². The van der Waals surface area contributed by atoms with Gasteiger partial charge in [-0.3, -0.25) is 0 Å². The number of aryl methyl sites for hydroxylation is 1. The second-order valence-electron chi connectivity index (χ2n) is 1.60. The monoisotopic (exact) mass is 207 g/mol. The van der Waals surface area contributed by atoms with Gasteiger partial charge >= 0.3 is 0 Å². The number of rotatable bonds is 1. The Balaban J connectivity index is 3.01. The van der Waals surface area contributed by atoms with E-state index in [9.17, 15) is 0 Å². The zero-order chi connectivity index (χ0) is 6.85. The standard InChI is InChI=1S/C5H6BrNOS/c1-3-7-5(6)4(2-8)9-3/h8H,2H2,1H3. The predicted molar refractivity (Wildman–Crippen MR) is 40.5 cm³/mol. The zero-order valence-corrected chi connectivity index (χ0v) is 7.29. The van der Waals surface area contributed by atoms with Crippen LogP contribution in [0.3, 0.4) is 0 Å². The highest BCUT2D eigenvalue weighted by molar-refractivity contribution is 9.10. The molecule has 1 heterocycles. The van der Waals surface area contributed by atoms with Gasteiger partial charge in [-0.15, -0.1) is 11.3 Å². The molecule has 0 bridgehead atoms. The molecule has 0 saturated carbocycles. The molecule has 0 aliphatic rings. The number of hydrogen-bond donors (Lipinski definition) is 1. The van der Waals surface area contributed by atoms with Gasteiger partial charge in [0, 0.05) is 0 Å². The number of aliphatic hydroxyl groups excluding tert-OH is 1. The van der Waals surface area contributed by atoms with Crippen LogP contribution in [0.4, 0.5) is 0 Å². The molecule has 1 rings (SSSR count). The summed E-state index contributed by atoms with van der Waals surface area (Å²) < 4.78 is 0.771. The lowest BCUT2D eigenvalue weighted by atomic mass is 10.6. The Kier molecular flexibility index (Phi) is 2.21. The molecule has 0 radical (unpaired) electrons. The number of aliphatic hydroxyl groups is 1. The number of halogens is 1. The fourth-order valence-corrected chi connectivity index (χ4v) is 1.98. The van der Waals surface area contributed by atoms with Crippen molar-refractivity contribution in [1.29, 1.82) is 0 Å². The van der Waals surface area contributed by atoms with E-state index in [0.717, 1.165) is 14.5 Å². The van der Waals surface area contributed by atoms with Gasteiger partial charge in [-0.25, -0.2) is 4.98 Å². The molecule has 2 nitrogen and oxygen atoms in total. The molecule has 0 aliphatic heterocycles. The summed E-state index contributed by atoms with van der Waals surface area (Å²) in [7, 11) is 0. The molecule has 0 amide bonds. The van der Waals surface area contributed by atoms with E-state index >= 15 is 0 Å². The molecule has 0 spiro atoms. The minimum absolute atomic E-state index is 0.0755. The van der Waals surface area contributed by atoms with Gasteiger partial charge < -0.3 is 5.11 Å². The third-order valence-electron chi connectivity index (χ3n) is 0.900. The van der Waals surface area contributed by atoms with Crippen LogP contribution in [0.1, 0.15) is 9.88 Å². The molecule has 0 atom stereocenters. The van der Waals surface area contributed by atoms with Crippen molar-refractivity contribution in [2.24, 2.45) is 0 Å². The number of thiazole rings is 1. The Morgan fingerprint density at radius 2 is 2.44 bits per heavy atom. The molecular formula is C5H6BrNOS. The summed E-state index contributed by atoms with van der Waals surface area (Å²) in [5.41, 5.74) is 0. The van der Waals surface area contributed by atoms with Crippen molar-refractivity contribution >= 4 is 27.3 Å². The molecule has 4 heteroatoms. The second kappa shape index (κ2) is 2.77. The van der Waals surface area contributed by atoms with Crippen molar-refractivity contribution in [3.8, 4) is 0 Å². The van der Waals surface area contributed by atoms with Gasteiger partial charge in [-0.1, -0.05) is 0 Å². The summed E-state index contributed by atoms with van der Waals surface area (Å²) in [4.78, 5) is 4.95. The van der Waals surface area contributed by atoms with E-state index in [1.165, 1.54) is 11.3 Å². The third-order valence-corrected chi connectivity index (χ3v) is 2.77. The van der Waals surface area contributed by atoms with Crippen LogP contribution in [0.2, 0.25) is 0 Å². The molecule has 0 aliphatic carbocycles. The molecule has 1 aromatic heterocycles. The summed E-state index contributed by atoms with van der Waals surface area (Å²) in [5, 5.41) is 9.65. The number of nitrogens with zero attached hydrogens (tertiary/aromatic N) is 1. The van der Waals surface area contributed by atoms with Crippen molar-refractivity contribution in [1.82, 2.24) is 4.98 Å². The van der Waals surface area contributed by atoms with Crippen LogP contribution < -0.4 is 0 Å². The summed E-state index contributed by atoms with van der Waals surface area (Å²) in [6.45, 7) is 1.99. The highest BCUT2D eigenvalue weighted by atomic mass is 79.9. The van der Waals surface area contributed by atoms with Crippen molar-refractivity contribution in [2.75, 3.05) is 0 Å². The SMILES string of the molecule is Cc1nc(Br)c(CO)s1. The van der Waals surface area contributed by atoms with Gasteiger partial charge in [0.05, 0.1) is 16.5 Å². The Bertz CT molecular complexity index is 211. The van der Waals surface area contributed by atoms with E-state index in [4.69, 9.17) is 5.11 Å². The quantitative estimate of drug-likeness (QED) is 0.761. The molecule has 0 fully saturated rings. The normalized spacial score (nSPS) is 10.1. The fourth-order valence-electron chi connectivity index (χ4n) is 0.541. The van der Waals surface area contributed by atoms with Crippen molar-refractivity contribution < 1.29 is 5.11 Å². The Morgan fingerprint density at radius 1 is 1.78 bits per heavy atom. The van der Waals surface area contributed by atoms with Crippen LogP contribution in [0.5, 0.6) is 0 Å². The molecule has 9 heavy (non-hydrogen) atoms. The van der Waals surface area contributed by atoms with Crippen LogP contribution in [0, 0.1) is 6.92 Å². The van der Waals surface area contributed by atoms with Crippen LogP contribution in [-0.2, 0) is 6.61 Å². The van der Waals surface area contributed by atoms with Gasteiger partial charge in [0.2, 0.25) is 0 Å². The van der Waals surface area contributed by atoms with Crippen molar-refractivity contribution in [3.63, 3.8) is 0 Å². The van der Waals surface area contributed by atoms with Crippen molar-refractivity contribution in [3.05, 3.63) is 14.5 Å². The van der Waals surface area contributed by atoms with Gasteiger partial charge in [0.25, 0.3) is 0 Å². The lowest BCUT2D eigenvalue weighted by Crippen LogP contribution is -1.75. The first-order valence-corrected chi connectivity index (χ1v) is 4.07. The minimum atomic E-state index is 0.0755. The van der Waals surface area contributed by atoms with Gasteiger partial charge in [0.15, 0.2) is 0 Å². The van der Waals surface area contributed by atoms with E-state index < -0.39 is 0 Å². The summed E-state index contributed by atoms with van der Waals surface area (Å²) in [6, 6.07) is 0. The van der Waals surface area contributed by atoms with Crippen molar-refractivity contribution in [2.45, 2.75) is 13.5 Å². The largest absolute Gasteiger partial charge is 0.391 e. The van der Waals surface area contributed by atoms with Crippen LogP contribution in [-0.4, -0.2) is 10.1 Å². The van der Waals surface area contributed by atoms with E-state index in [1.54, 1.807) is 0 Å². The summed E-state index contributed by atoms with van der Waals surface area (Å²) in [6.07, 6.45) is 0. The molecule has 1 N–H and O–H groups in total. The first-order valence-electron chi connectivity index (χ1n) is 2.46. The molecule has 0 saturated heterocycles. The molecule has 50 valence electrons. The lowest BCUT2D eigenvalue weighted by molar-refractivity contribution is 0.284. The average molecular weight is 208 g/mol. The maximum atomic E-state index is 8.67. The van der Waals surface area contributed by atoms with Crippen LogP contribution in [0.15, 0.2) is 4.60 Å². The minimum Gasteiger partial charge on any atom is -0.391 e. The Morgan fingerprint density at radius 3 is 2.67 bits per heavy atom. The average Bonchev–Trinajstić information content (AvgIpc) is 2.10. The number of hydrogen-bond acceptors (Lipinski definition) is 3. The molecule has 0 aromatic carbocycles. The summed E-state index contributed by atoms with van der Waals surface area (Å²) >= 11 is 4.72. The highest BCUT2D eigenvalue weighted by Crippen LogP contribution is 2.22.